The molecular weight excluding hydrogens is 338 g/mol. The number of fused-ring (bicyclic) bond motifs is 3. The molecule has 2 amide bonds. The standard InChI is InChI=1S/C21H31N5O/c1-3-25(4-2)14-18-15-26-9-8-17(18)11-20(26)13-23-21(27)24-19-7-5-6-16(10-19)12-22/h5-7,10,17-18,20H,3-4,8-9,11,13-15H2,1-2H3,(H2,23,24,27). The summed E-state index contributed by atoms with van der Waals surface area (Å²) >= 11 is 0. The quantitative estimate of drug-likeness (QED) is 0.775. The van der Waals surface area contributed by atoms with Gasteiger partial charge in [-0.05, 0) is 62.5 Å². The van der Waals surface area contributed by atoms with E-state index in [1.165, 1.54) is 19.4 Å². The van der Waals surface area contributed by atoms with E-state index in [4.69, 9.17) is 5.26 Å². The molecule has 4 rings (SSSR count). The lowest BCUT2D eigenvalue weighted by atomic mass is 9.75. The molecule has 2 N–H and O–H groups in total. The third kappa shape index (κ3) is 5.00. The Bertz CT molecular complexity index is 681. The minimum atomic E-state index is -0.201. The average molecular weight is 370 g/mol. The van der Waals surface area contributed by atoms with Crippen LogP contribution in [0, 0.1) is 23.2 Å². The fourth-order valence-corrected chi connectivity index (χ4v) is 4.53. The number of hydrogen-bond acceptors (Lipinski definition) is 4. The van der Waals surface area contributed by atoms with E-state index in [9.17, 15) is 4.79 Å². The predicted octanol–water partition coefficient (Wildman–Crippen LogP) is 2.73. The molecule has 6 heteroatoms. The van der Waals surface area contributed by atoms with Crippen LogP contribution in [0.5, 0.6) is 0 Å². The van der Waals surface area contributed by atoms with Crippen molar-refractivity contribution in [2.24, 2.45) is 11.8 Å². The number of hydrogen-bond donors (Lipinski definition) is 2. The number of nitrogens with one attached hydrogen (secondary N) is 2. The molecule has 4 unspecified atom stereocenters. The number of amides is 2. The van der Waals surface area contributed by atoms with Crippen LogP contribution in [0.25, 0.3) is 0 Å². The molecule has 146 valence electrons. The second-order valence-corrected chi connectivity index (χ2v) is 7.71. The number of anilines is 1. The maximum absolute atomic E-state index is 12.2. The van der Waals surface area contributed by atoms with Crippen molar-refractivity contribution >= 4 is 11.7 Å². The van der Waals surface area contributed by atoms with Gasteiger partial charge in [0.15, 0.2) is 0 Å². The summed E-state index contributed by atoms with van der Waals surface area (Å²) in [4.78, 5) is 17.3. The highest BCUT2D eigenvalue weighted by Crippen LogP contribution is 2.36. The van der Waals surface area contributed by atoms with E-state index >= 15 is 0 Å². The number of urea groups is 1. The van der Waals surface area contributed by atoms with Crippen molar-refractivity contribution < 1.29 is 4.79 Å². The number of benzene rings is 1. The van der Waals surface area contributed by atoms with Gasteiger partial charge in [-0.2, -0.15) is 5.26 Å². The minimum absolute atomic E-state index is 0.201. The highest BCUT2D eigenvalue weighted by molar-refractivity contribution is 5.89. The van der Waals surface area contributed by atoms with Crippen LogP contribution in [-0.2, 0) is 0 Å². The van der Waals surface area contributed by atoms with Crippen LogP contribution in [0.4, 0.5) is 10.5 Å². The van der Waals surface area contributed by atoms with Crippen molar-refractivity contribution in [2.45, 2.75) is 32.7 Å². The Balaban J connectivity index is 1.47. The molecule has 0 spiro atoms. The minimum Gasteiger partial charge on any atom is -0.336 e. The summed E-state index contributed by atoms with van der Waals surface area (Å²) in [6.07, 6.45) is 2.46. The van der Waals surface area contributed by atoms with Gasteiger partial charge < -0.3 is 15.5 Å². The molecule has 3 aliphatic heterocycles. The topological polar surface area (TPSA) is 71.4 Å². The first-order chi connectivity index (χ1) is 13.1. The van der Waals surface area contributed by atoms with Gasteiger partial charge in [0, 0.05) is 31.4 Å². The van der Waals surface area contributed by atoms with Crippen LogP contribution in [0.1, 0.15) is 32.3 Å². The number of rotatable bonds is 7. The Hall–Kier alpha value is -2.10. The Morgan fingerprint density at radius 3 is 2.85 bits per heavy atom. The zero-order valence-electron chi connectivity index (χ0n) is 16.4. The van der Waals surface area contributed by atoms with Crippen molar-refractivity contribution in [3.8, 4) is 6.07 Å². The lowest BCUT2D eigenvalue weighted by Crippen LogP contribution is -2.58. The molecule has 2 bridgehead atoms. The molecule has 0 aromatic heterocycles. The summed E-state index contributed by atoms with van der Waals surface area (Å²) in [6, 6.07) is 9.30. The Morgan fingerprint density at radius 1 is 1.37 bits per heavy atom. The molecule has 0 saturated carbocycles. The van der Waals surface area contributed by atoms with Gasteiger partial charge in [-0.1, -0.05) is 19.9 Å². The Labute approximate surface area is 162 Å². The van der Waals surface area contributed by atoms with Gasteiger partial charge in [0.2, 0.25) is 0 Å². The fourth-order valence-electron chi connectivity index (χ4n) is 4.53. The van der Waals surface area contributed by atoms with Gasteiger partial charge in [0.25, 0.3) is 0 Å². The van der Waals surface area contributed by atoms with Crippen molar-refractivity contribution in [3.05, 3.63) is 29.8 Å². The van der Waals surface area contributed by atoms with Crippen molar-refractivity contribution in [1.29, 1.82) is 5.26 Å². The maximum Gasteiger partial charge on any atom is 0.319 e. The van der Waals surface area contributed by atoms with E-state index in [-0.39, 0.29) is 6.03 Å². The predicted molar refractivity (Wildman–Crippen MR) is 108 cm³/mol. The maximum atomic E-state index is 12.2. The summed E-state index contributed by atoms with van der Waals surface area (Å²) in [7, 11) is 0. The molecule has 3 aliphatic rings. The number of piperidine rings is 3. The molecule has 0 aliphatic carbocycles. The van der Waals surface area contributed by atoms with Gasteiger partial charge in [-0.3, -0.25) is 4.90 Å². The van der Waals surface area contributed by atoms with Crippen LogP contribution >= 0.6 is 0 Å². The molecule has 1 aromatic carbocycles. The zero-order valence-corrected chi connectivity index (χ0v) is 16.4. The molecule has 6 nitrogen and oxygen atoms in total. The zero-order chi connectivity index (χ0) is 19.2. The van der Waals surface area contributed by atoms with E-state index in [1.807, 2.05) is 0 Å². The van der Waals surface area contributed by atoms with Crippen LogP contribution < -0.4 is 10.6 Å². The summed E-state index contributed by atoms with van der Waals surface area (Å²) in [5, 5.41) is 14.8. The summed E-state index contributed by atoms with van der Waals surface area (Å²) < 4.78 is 0. The van der Waals surface area contributed by atoms with Crippen LogP contribution in [0.15, 0.2) is 24.3 Å². The number of carbonyl (C=O) groups is 1. The summed E-state index contributed by atoms with van der Waals surface area (Å²) in [5.74, 6) is 1.54. The lowest BCUT2D eigenvalue weighted by molar-refractivity contribution is -0.00977. The molecule has 1 aromatic rings. The highest BCUT2D eigenvalue weighted by atomic mass is 16.2. The van der Waals surface area contributed by atoms with Crippen molar-refractivity contribution in [1.82, 2.24) is 15.1 Å². The van der Waals surface area contributed by atoms with E-state index < -0.39 is 0 Å². The van der Waals surface area contributed by atoms with Gasteiger partial charge in [0.05, 0.1) is 11.6 Å². The molecule has 3 heterocycles. The van der Waals surface area contributed by atoms with Crippen molar-refractivity contribution in [3.63, 3.8) is 0 Å². The smallest absolute Gasteiger partial charge is 0.319 e. The number of nitriles is 1. The normalized spacial score (nSPS) is 26.6. The van der Waals surface area contributed by atoms with Crippen LogP contribution in [-0.4, -0.2) is 61.1 Å². The largest absolute Gasteiger partial charge is 0.336 e. The second kappa shape index (κ2) is 9.20. The second-order valence-electron chi connectivity index (χ2n) is 7.71. The van der Waals surface area contributed by atoms with Gasteiger partial charge in [-0.15, -0.1) is 0 Å². The molecule has 3 saturated heterocycles. The fraction of sp³-hybridized carbons (Fsp3) is 0.619. The van der Waals surface area contributed by atoms with E-state index in [0.29, 0.717) is 23.8 Å². The number of nitrogens with zero attached hydrogens (tertiary/aromatic N) is 3. The Kier molecular flexibility index (Phi) is 6.70. The van der Waals surface area contributed by atoms with Gasteiger partial charge >= 0.3 is 6.03 Å². The van der Waals surface area contributed by atoms with Crippen molar-refractivity contribution in [2.75, 3.05) is 44.6 Å². The average Bonchev–Trinajstić information content (AvgIpc) is 2.71. The van der Waals surface area contributed by atoms with Gasteiger partial charge in [0.1, 0.15) is 0 Å². The van der Waals surface area contributed by atoms with E-state index in [0.717, 1.165) is 38.0 Å². The number of carbonyl (C=O) groups excluding carboxylic acids is 1. The van der Waals surface area contributed by atoms with E-state index in [2.05, 4.69) is 40.4 Å². The summed E-state index contributed by atoms with van der Waals surface area (Å²) in [5.41, 5.74) is 1.19. The molecule has 27 heavy (non-hydrogen) atoms. The monoisotopic (exact) mass is 369 g/mol. The Morgan fingerprint density at radius 2 is 2.19 bits per heavy atom. The third-order valence-electron chi connectivity index (χ3n) is 6.15. The third-order valence-corrected chi connectivity index (χ3v) is 6.15. The summed E-state index contributed by atoms with van der Waals surface area (Å²) in [6.45, 7) is 10.9. The molecular formula is C21H31N5O. The van der Waals surface area contributed by atoms with Crippen LogP contribution in [0.3, 0.4) is 0 Å². The SMILES string of the molecule is CCN(CC)CC1CN2CCC1CC2CNC(=O)Nc1cccc(C#N)c1. The first-order valence-electron chi connectivity index (χ1n) is 10.1. The molecule has 0 radical (unpaired) electrons. The van der Waals surface area contributed by atoms with E-state index in [1.54, 1.807) is 24.3 Å². The first-order valence-corrected chi connectivity index (χ1v) is 10.1. The first kappa shape index (κ1) is 19.7. The van der Waals surface area contributed by atoms with Crippen LogP contribution in [0.2, 0.25) is 0 Å². The molecule has 4 atom stereocenters. The lowest BCUT2D eigenvalue weighted by Gasteiger charge is -2.50. The van der Waals surface area contributed by atoms with Gasteiger partial charge in [-0.25, -0.2) is 4.79 Å². The highest BCUT2D eigenvalue weighted by Gasteiger charge is 2.40. The molecule has 3 fully saturated rings.